The molecule has 1 aromatic carbocycles. The second-order valence-corrected chi connectivity index (χ2v) is 5.41. The van der Waals surface area contributed by atoms with Gasteiger partial charge in [0.25, 0.3) is 0 Å². The Bertz CT molecular complexity index is 512. The Morgan fingerprint density at radius 1 is 1.11 bits per heavy atom. The highest BCUT2D eigenvalue weighted by Crippen LogP contribution is 2.31. The van der Waals surface area contributed by atoms with Gasteiger partial charge >= 0.3 is 0 Å². The zero-order valence-electron chi connectivity index (χ0n) is 11.2. The largest absolute Gasteiger partial charge is 0.330 e. The highest BCUT2D eigenvalue weighted by atomic mass is 15.1. The van der Waals surface area contributed by atoms with E-state index in [1.165, 1.54) is 32.1 Å². The summed E-state index contributed by atoms with van der Waals surface area (Å²) >= 11 is 0. The summed E-state index contributed by atoms with van der Waals surface area (Å²) in [6, 6.07) is 10.8. The van der Waals surface area contributed by atoms with Crippen LogP contribution in [-0.4, -0.2) is 9.55 Å². The molecule has 1 aliphatic carbocycles. The van der Waals surface area contributed by atoms with Gasteiger partial charge in [0, 0.05) is 6.04 Å². The molecule has 0 radical (unpaired) electrons. The third-order valence-corrected chi connectivity index (χ3v) is 4.14. The van der Waals surface area contributed by atoms with E-state index in [0.717, 1.165) is 11.3 Å². The molecule has 0 bridgehead atoms. The molecular weight excluding hydrogens is 234 g/mol. The van der Waals surface area contributed by atoms with Crippen LogP contribution in [0.3, 0.4) is 0 Å². The lowest BCUT2D eigenvalue weighted by atomic mass is 9.94. The third kappa shape index (κ3) is 2.56. The van der Waals surface area contributed by atoms with Gasteiger partial charge in [-0.1, -0.05) is 49.6 Å². The van der Waals surface area contributed by atoms with Crippen LogP contribution in [0.15, 0.2) is 42.9 Å². The van der Waals surface area contributed by atoms with Crippen molar-refractivity contribution in [2.45, 2.75) is 44.2 Å². The number of hydrogen-bond donors (Lipinski definition) is 1. The zero-order valence-corrected chi connectivity index (χ0v) is 11.2. The lowest BCUT2D eigenvalue weighted by Crippen LogP contribution is -2.20. The molecule has 19 heavy (non-hydrogen) atoms. The fourth-order valence-corrected chi connectivity index (χ4v) is 3.05. The van der Waals surface area contributed by atoms with E-state index in [1.54, 1.807) is 0 Å². The summed E-state index contributed by atoms with van der Waals surface area (Å²) in [5, 5.41) is 0. The fourth-order valence-electron chi connectivity index (χ4n) is 3.05. The Morgan fingerprint density at radius 3 is 2.58 bits per heavy atom. The number of rotatable bonds is 3. The minimum atomic E-state index is -0.0781. The topological polar surface area (TPSA) is 43.8 Å². The van der Waals surface area contributed by atoms with Crippen molar-refractivity contribution >= 4 is 0 Å². The molecule has 1 aromatic heterocycles. The minimum Gasteiger partial charge on any atom is -0.330 e. The summed E-state index contributed by atoms with van der Waals surface area (Å²) in [7, 11) is 0. The van der Waals surface area contributed by atoms with Gasteiger partial charge in [-0.15, -0.1) is 0 Å². The highest BCUT2D eigenvalue weighted by molar-refractivity contribution is 5.26. The number of nitrogens with zero attached hydrogens (tertiary/aromatic N) is 2. The van der Waals surface area contributed by atoms with E-state index in [4.69, 9.17) is 5.73 Å². The number of aromatic nitrogens is 2. The molecule has 3 heteroatoms. The SMILES string of the molecule is NC(c1ccccc1)c1cncn1C1CCCCC1. The summed E-state index contributed by atoms with van der Waals surface area (Å²) in [6.45, 7) is 0. The second kappa shape index (κ2) is 5.57. The Balaban J connectivity index is 1.87. The maximum Gasteiger partial charge on any atom is 0.0951 e. The van der Waals surface area contributed by atoms with E-state index in [9.17, 15) is 0 Å². The first-order valence-corrected chi connectivity index (χ1v) is 7.18. The van der Waals surface area contributed by atoms with Crippen LogP contribution in [0.5, 0.6) is 0 Å². The van der Waals surface area contributed by atoms with Gasteiger partial charge in [-0.3, -0.25) is 0 Å². The second-order valence-electron chi connectivity index (χ2n) is 5.41. The summed E-state index contributed by atoms with van der Waals surface area (Å²) in [5.41, 5.74) is 8.70. The molecule has 1 heterocycles. The Morgan fingerprint density at radius 2 is 1.84 bits per heavy atom. The average Bonchev–Trinajstić information content (AvgIpc) is 2.98. The maximum absolute atomic E-state index is 6.41. The van der Waals surface area contributed by atoms with Crippen molar-refractivity contribution in [3.8, 4) is 0 Å². The number of nitrogens with two attached hydrogens (primary N) is 1. The minimum absolute atomic E-state index is 0.0781. The van der Waals surface area contributed by atoms with Gasteiger partial charge < -0.3 is 10.3 Å². The first-order chi connectivity index (χ1) is 9.36. The van der Waals surface area contributed by atoms with Gasteiger partial charge in [-0.05, 0) is 18.4 Å². The van der Waals surface area contributed by atoms with Gasteiger partial charge in [0.05, 0.1) is 24.3 Å². The molecular formula is C16H21N3. The van der Waals surface area contributed by atoms with Gasteiger partial charge in [-0.25, -0.2) is 4.98 Å². The van der Waals surface area contributed by atoms with Crippen LogP contribution in [-0.2, 0) is 0 Å². The number of benzene rings is 1. The van der Waals surface area contributed by atoms with Crippen LogP contribution < -0.4 is 5.73 Å². The lowest BCUT2D eigenvalue weighted by molar-refractivity contribution is 0.344. The molecule has 2 N–H and O–H groups in total. The first-order valence-electron chi connectivity index (χ1n) is 7.18. The molecule has 0 aliphatic heterocycles. The van der Waals surface area contributed by atoms with E-state index in [1.807, 2.05) is 30.7 Å². The monoisotopic (exact) mass is 255 g/mol. The lowest BCUT2D eigenvalue weighted by Gasteiger charge is -2.26. The van der Waals surface area contributed by atoms with Gasteiger partial charge in [0.1, 0.15) is 0 Å². The standard InChI is InChI=1S/C16H21N3/c17-16(13-7-3-1-4-8-13)15-11-18-12-19(15)14-9-5-2-6-10-14/h1,3-4,7-8,11-12,14,16H,2,5-6,9-10,17H2. The van der Waals surface area contributed by atoms with Crippen molar-refractivity contribution in [3.63, 3.8) is 0 Å². The van der Waals surface area contributed by atoms with Crippen LogP contribution >= 0.6 is 0 Å². The number of imidazole rings is 1. The van der Waals surface area contributed by atoms with E-state index in [2.05, 4.69) is 21.7 Å². The molecule has 1 saturated carbocycles. The van der Waals surface area contributed by atoms with E-state index in [-0.39, 0.29) is 6.04 Å². The molecule has 1 unspecified atom stereocenters. The van der Waals surface area contributed by atoms with Crippen molar-refractivity contribution < 1.29 is 0 Å². The van der Waals surface area contributed by atoms with Crippen molar-refractivity contribution in [2.75, 3.05) is 0 Å². The van der Waals surface area contributed by atoms with Crippen molar-refractivity contribution in [3.05, 3.63) is 54.1 Å². The normalized spacial score (nSPS) is 18.4. The molecule has 3 rings (SSSR count). The van der Waals surface area contributed by atoms with Crippen LogP contribution in [0, 0.1) is 0 Å². The van der Waals surface area contributed by atoms with E-state index in [0.29, 0.717) is 6.04 Å². The first kappa shape index (κ1) is 12.4. The molecule has 2 aromatic rings. The quantitative estimate of drug-likeness (QED) is 0.913. The Kier molecular flexibility index (Phi) is 3.65. The molecule has 3 nitrogen and oxygen atoms in total. The third-order valence-electron chi connectivity index (χ3n) is 4.14. The van der Waals surface area contributed by atoms with Crippen LogP contribution in [0.1, 0.15) is 55.4 Å². The molecule has 1 aliphatic rings. The summed E-state index contributed by atoms with van der Waals surface area (Å²) < 4.78 is 2.30. The van der Waals surface area contributed by atoms with Crippen molar-refractivity contribution in [2.24, 2.45) is 5.73 Å². The van der Waals surface area contributed by atoms with Crippen LogP contribution in [0.4, 0.5) is 0 Å². The molecule has 1 fully saturated rings. The molecule has 1 atom stereocenters. The highest BCUT2D eigenvalue weighted by Gasteiger charge is 2.20. The van der Waals surface area contributed by atoms with Gasteiger partial charge in [-0.2, -0.15) is 0 Å². The average molecular weight is 255 g/mol. The molecule has 0 amide bonds. The smallest absolute Gasteiger partial charge is 0.0951 e. The summed E-state index contributed by atoms with van der Waals surface area (Å²) in [6.07, 6.45) is 10.4. The molecule has 100 valence electrons. The van der Waals surface area contributed by atoms with Gasteiger partial charge in [0.2, 0.25) is 0 Å². The Hall–Kier alpha value is -1.61. The zero-order chi connectivity index (χ0) is 13.1. The predicted octanol–water partition coefficient (Wildman–Crippen LogP) is 3.44. The Labute approximate surface area is 114 Å². The summed E-state index contributed by atoms with van der Waals surface area (Å²) in [4.78, 5) is 4.33. The van der Waals surface area contributed by atoms with E-state index < -0.39 is 0 Å². The van der Waals surface area contributed by atoms with Crippen LogP contribution in [0.2, 0.25) is 0 Å². The maximum atomic E-state index is 6.41. The van der Waals surface area contributed by atoms with Gasteiger partial charge in [0.15, 0.2) is 0 Å². The predicted molar refractivity (Wildman–Crippen MR) is 76.8 cm³/mol. The van der Waals surface area contributed by atoms with Crippen molar-refractivity contribution in [1.82, 2.24) is 9.55 Å². The van der Waals surface area contributed by atoms with Crippen LogP contribution in [0.25, 0.3) is 0 Å². The summed E-state index contributed by atoms with van der Waals surface area (Å²) in [5.74, 6) is 0. The number of hydrogen-bond acceptors (Lipinski definition) is 2. The molecule has 0 saturated heterocycles. The fraction of sp³-hybridized carbons (Fsp3) is 0.438. The molecule has 0 spiro atoms. The van der Waals surface area contributed by atoms with E-state index >= 15 is 0 Å². The van der Waals surface area contributed by atoms with Crippen molar-refractivity contribution in [1.29, 1.82) is 0 Å².